The summed E-state index contributed by atoms with van der Waals surface area (Å²) in [6.07, 6.45) is 7.05. The fourth-order valence-corrected chi connectivity index (χ4v) is 3.62. The third kappa shape index (κ3) is 5.33. The number of aromatic nitrogens is 5. The highest BCUT2D eigenvalue weighted by Gasteiger charge is 2.24. The fraction of sp³-hybridized carbons (Fsp3) is 0.565. The second-order valence-electron chi connectivity index (χ2n) is 7.91. The number of aliphatic hydroxyl groups is 1. The zero-order valence-corrected chi connectivity index (χ0v) is 18.4. The van der Waals surface area contributed by atoms with Gasteiger partial charge in [-0.15, -0.1) is 5.10 Å². The lowest BCUT2D eigenvalue weighted by atomic mass is 10.0. The molecule has 0 amide bonds. The Morgan fingerprint density at radius 1 is 1.00 bits per heavy atom. The smallest absolute Gasteiger partial charge is 0.184 e. The van der Waals surface area contributed by atoms with E-state index in [0.717, 1.165) is 44.2 Å². The van der Waals surface area contributed by atoms with Gasteiger partial charge in [-0.2, -0.15) is 0 Å². The lowest BCUT2D eigenvalue weighted by Crippen LogP contribution is -2.23. The Morgan fingerprint density at radius 2 is 1.77 bits per heavy atom. The first-order valence-corrected chi connectivity index (χ1v) is 11.3. The van der Waals surface area contributed by atoms with Crippen LogP contribution < -0.4 is 5.32 Å². The molecule has 2 atom stereocenters. The van der Waals surface area contributed by atoms with E-state index in [4.69, 9.17) is 9.97 Å². The highest BCUT2D eigenvalue weighted by atomic mass is 16.3. The van der Waals surface area contributed by atoms with Gasteiger partial charge in [0.2, 0.25) is 0 Å². The molecule has 3 aromatic rings. The van der Waals surface area contributed by atoms with Crippen molar-refractivity contribution < 1.29 is 5.11 Å². The standard InChI is InChI=1S/C23H34N6O/c1-4-6-8-12-15-19(17(3)30)29-23-20(27-28-29)22(24-16-7-5-2)25-21(26-23)18-13-10-9-11-14-18/h9-11,13-14,17,19,30H,4-8,12,15-16H2,1-3H3,(H,24,25,26)/t17-,19-/m0/s1. The molecule has 7 nitrogen and oxygen atoms in total. The summed E-state index contributed by atoms with van der Waals surface area (Å²) in [5.74, 6) is 1.34. The quantitative estimate of drug-likeness (QED) is 0.409. The van der Waals surface area contributed by atoms with Gasteiger partial charge in [-0.1, -0.05) is 81.5 Å². The van der Waals surface area contributed by atoms with Crippen LogP contribution in [0.1, 0.15) is 71.8 Å². The fourth-order valence-electron chi connectivity index (χ4n) is 3.62. The summed E-state index contributed by atoms with van der Waals surface area (Å²) >= 11 is 0. The second kappa shape index (κ2) is 11.0. The van der Waals surface area contributed by atoms with Crippen molar-refractivity contribution >= 4 is 17.0 Å². The van der Waals surface area contributed by atoms with Gasteiger partial charge in [-0.3, -0.25) is 0 Å². The van der Waals surface area contributed by atoms with Crippen molar-refractivity contribution in [3.05, 3.63) is 30.3 Å². The zero-order chi connectivity index (χ0) is 21.3. The normalized spacial score (nSPS) is 13.5. The Labute approximate surface area is 178 Å². The Morgan fingerprint density at radius 3 is 2.47 bits per heavy atom. The summed E-state index contributed by atoms with van der Waals surface area (Å²) in [6.45, 7) is 7.00. The summed E-state index contributed by atoms with van der Waals surface area (Å²) in [5.41, 5.74) is 2.27. The molecule has 162 valence electrons. The number of hydrogen-bond acceptors (Lipinski definition) is 6. The number of anilines is 1. The molecule has 0 spiro atoms. The average Bonchev–Trinajstić information content (AvgIpc) is 3.18. The lowest BCUT2D eigenvalue weighted by molar-refractivity contribution is 0.116. The van der Waals surface area contributed by atoms with Crippen molar-refractivity contribution in [2.45, 2.75) is 77.9 Å². The summed E-state index contributed by atoms with van der Waals surface area (Å²) in [6, 6.07) is 9.79. The first-order chi connectivity index (χ1) is 14.7. The minimum absolute atomic E-state index is 0.158. The number of nitrogens with one attached hydrogen (secondary N) is 1. The van der Waals surface area contributed by atoms with Crippen molar-refractivity contribution in [2.75, 3.05) is 11.9 Å². The van der Waals surface area contributed by atoms with E-state index in [9.17, 15) is 5.11 Å². The first-order valence-electron chi connectivity index (χ1n) is 11.3. The molecule has 30 heavy (non-hydrogen) atoms. The van der Waals surface area contributed by atoms with Gasteiger partial charge in [0.05, 0.1) is 12.1 Å². The molecule has 0 saturated heterocycles. The highest BCUT2D eigenvalue weighted by molar-refractivity contribution is 5.84. The molecule has 0 radical (unpaired) electrons. The van der Waals surface area contributed by atoms with Crippen molar-refractivity contribution in [1.82, 2.24) is 25.0 Å². The van der Waals surface area contributed by atoms with Crippen molar-refractivity contribution in [3.8, 4) is 11.4 Å². The molecule has 0 aliphatic heterocycles. The van der Waals surface area contributed by atoms with E-state index in [1.165, 1.54) is 12.8 Å². The van der Waals surface area contributed by atoms with Gasteiger partial charge in [0.15, 0.2) is 22.8 Å². The van der Waals surface area contributed by atoms with Crippen LogP contribution in [0, 0.1) is 0 Å². The molecule has 0 bridgehead atoms. The predicted molar refractivity (Wildman–Crippen MR) is 121 cm³/mol. The van der Waals surface area contributed by atoms with Crippen LogP contribution in [0.15, 0.2) is 30.3 Å². The summed E-state index contributed by atoms with van der Waals surface area (Å²) < 4.78 is 1.80. The summed E-state index contributed by atoms with van der Waals surface area (Å²) in [7, 11) is 0. The Hall–Kier alpha value is -2.54. The van der Waals surface area contributed by atoms with Gasteiger partial charge in [0, 0.05) is 12.1 Å². The Balaban J connectivity index is 2.01. The van der Waals surface area contributed by atoms with Crippen molar-refractivity contribution in [3.63, 3.8) is 0 Å². The molecule has 2 aromatic heterocycles. The van der Waals surface area contributed by atoms with Crippen LogP contribution in [0.2, 0.25) is 0 Å². The van der Waals surface area contributed by atoms with E-state index >= 15 is 0 Å². The molecule has 2 N–H and O–H groups in total. The van der Waals surface area contributed by atoms with Crippen molar-refractivity contribution in [1.29, 1.82) is 0 Å². The van der Waals surface area contributed by atoms with Gasteiger partial charge in [0.25, 0.3) is 0 Å². The topological polar surface area (TPSA) is 88.8 Å². The minimum Gasteiger partial charge on any atom is -0.391 e. The van der Waals surface area contributed by atoms with E-state index in [0.29, 0.717) is 22.8 Å². The highest BCUT2D eigenvalue weighted by Crippen LogP contribution is 2.28. The van der Waals surface area contributed by atoms with Crippen LogP contribution in [0.5, 0.6) is 0 Å². The number of hydrogen-bond donors (Lipinski definition) is 2. The molecule has 0 saturated carbocycles. The van der Waals surface area contributed by atoms with E-state index < -0.39 is 6.10 Å². The van der Waals surface area contributed by atoms with Crippen LogP contribution in [0.3, 0.4) is 0 Å². The molecule has 0 aliphatic rings. The molecule has 1 aromatic carbocycles. The summed E-state index contributed by atoms with van der Waals surface area (Å²) in [4.78, 5) is 9.56. The molecule has 3 rings (SSSR count). The third-order valence-electron chi connectivity index (χ3n) is 5.40. The average molecular weight is 411 g/mol. The van der Waals surface area contributed by atoms with Gasteiger partial charge in [-0.25, -0.2) is 14.6 Å². The van der Waals surface area contributed by atoms with E-state index in [2.05, 4.69) is 29.5 Å². The maximum Gasteiger partial charge on any atom is 0.184 e. The maximum absolute atomic E-state index is 10.5. The van der Waals surface area contributed by atoms with Gasteiger partial charge < -0.3 is 10.4 Å². The molecular weight excluding hydrogens is 376 g/mol. The van der Waals surface area contributed by atoms with E-state index in [1.54, 1.807) is 4.68 Å². The van der Waals surface area contributed by atoms with Crippen LogP contribution in [-0.2, 0) is 0 Å². The van der Waals surface area contributed by atoms with Crippen LogP contribution >= 0.6 is 0 Å². The summed E-state index contributed by atoms with van der Waals surface area (Å²) in [5, 5.41) is 22.7. The molecular formula is C23H34N6O. The van der Waals surface area contributed by atoms with Crippen LogP contribution in [0.25, 0.3) is 22.6 Å². The molecule has 0 aliphatic carbocycles. The number of rotatable bonds is 12. The van der Waals surface area contributed by atoms with Gasteiger partial charge >= 0.3 is 0 Å². The first kappa shape index (κ1) is 22.2. The van der Waals surface area contributed by atoms with Gasteiger partial charge in [-0.05, 0) is 19.8 Å². The van der Waals surface area contributed by atoms with Crippen molar-refractivity contribution in [2.24, 2.45) is 0 Å². The maximum atomic E-state index is 10.5. The van der Waals surface area contributed by atoms with Crippen LogP contribution in [0.4, 0.5) is 5.82 Å². The Bertz CT molecular complexity index is 909. The number of unbranched alkanes of at least 4 members (excludes halogenated alkanes) is 4. The number of benzene rings is 1. The minimum atomic E-state index is -0.539. The SMILES string of the molecule is CCCCCC[C@@H]([C@H](C)O)n1nnc2c(NCCCC)nc(-c3ccccc3)nc21. The number of fused-ring (bicyclic) bond motifs is 1. The third-order valence-corrected chi connectivity index (χ3v) is 5.40. The Kier molecular flexibility index (Phi) is 8.13. The van der Waals surface area contributed by atoms with Gasteiger partial charge in [0.1, 0.15) is 0 Å². The predicted octanol–water partition coefficient (Wildman–Crippen LogP) is 4.99. The molecule has 2 heterocycles. The second-order valence-corrected chi connectivity index (χ2v) is 7.91. The van der Waals surface area contributed by atoms with E-state index in [1.807, 2.05) is 37.3 Å². The number of aliphatic hydroxyl groups excluding tert-OH is 1. The van der Waals surface area contributed by atoms with Crippen LogP contribution in [-0.4, -0.2) is 42.7 Å². The zero-order valence-electron chi connectivity index (χ0n) is 18.4. The lowest BCUT2D eigenvalue weighted by Gasteiger charge is -2.20. The molecule has 0 unspecified atom stereocenters. The largest absolute Gasteiger partial charge is 0.391 e. The molecule has 7 heteroatoms. The monoisotopic (exact) mass is 410 g/mol. The molecule has 0 fully saturated rings. The number of nitrogens with zero attached hydrogens (tertiary/aromatic N) is 5. The van der Waals surface area contributed by atoms with E-state index in [-0.39, 0.29) is 6.04 Å².